The van der Waals surface area contributed by atoms with Gasteiger partial charge in [0.2, 0.25) is 0 Å². The first-order chi connectivity index (χ1) is 17.7. The van der Waals surface area contributed by atoms with Gasteiger partial charge < -0.3 is 30.0 Å². The number of aliphatic hydroxyl groups is 1. The molecule has 2 heterocycles. The molecule has 3 atom stereocenters. The van der Waals surface area contributed by atoms with Crippen LogP contribution in [0, 0.1) is 0 Å². The first-order valence-corrected chi connectivity index (χ1v) is 13.0. The maximum atomic E-state index is 12.0. The molecule has 0 amide bonds. The number of hydrogen-bond donors (Lipinski definition) is 3. The molecule has 0 bridgehead atoms. The van der Waals surface area contributed by atoms with Gasteiger partial charge >= 0.3 is 0 Å². The van der Waals surface area contributed by atoms with Gasteiger partial charge in [0.1, 0.15) is 24.2 Å². The largest absolute Gasteiger partial charge is 0.494 e. The van der Waals surface area contributed by atoms with Gasteiger partial charge in [-0.3, -0.25) is 14.7 Å². The summed E-state index contributed by atoms with van der Waals surface area (Å²) in [5.41, 5.74) is 0.847. The van der Waals surface area contributed by atoms with Gasteiger partial charge in [0.05, 0.1) is 31.9 Å². The number of morpholine rings is 1. The van der Waals surface area contributed by atoms with Crippen molar-refractivity contribution in [2.45, 2.75) is 43.9 Å². The fraction of sp³-hybridized carbons (Fsp3) is 0.556. The molecule has 0 spiro atoms. The van der Waals surface area contributed by atoms with Crippen molar-refractivity contribution in [2.24, 2.45) is 0 Å². The minimum atomic E-state index is -0.969. The molecule has 2 fully saturated rings. The summed E-state index contributed by atoms with van der Waals surface area (Å²) in [6, 6.07) is 10.8. The van der Waals surface area contributed by atoms with Gasteiger partial charge in [0, 0.05) is 37.7 Å². The normalized spacial score (nSPS) is 22.1. The molecule has 1 saturated heterocycles. The Morgan fingerprint density at radius 3 is 2.33 bits per heavy atom. The Morgan fingerprint density at radius 1 is 0.944 bits per heavy atom. The fourth-order valence-electron chi connectivity index (χ4n) is 4.41. The summed E-state index contributed by atoms with van der Waals surface area (Å²) in [5, 5.41) is 16.5. The average Bonchev–Trinajstić information content (AvgIpc) is 2.93. The van der Waals surface area contributed by atoms with Gasteiger partial charge in [-0.25, -0.2) is 0 Å². The van der Waals surface area contributed by atoms with Crippen molar-refractivity contribution in [1.29, 1.82) is 0 Å². The van der Waals surface area contributed by atoms with Crippen molar-refractivity contribution in [2.75, 3.05) is 57.9 Å². The summed E-state index contributed by atoms with van der Waals surface area (Å²) in [6.07, 6.45) is 6.45. The van der Waals surface area contributed by atoms with E-state index >= 15 is 0 Å². The van der Waals surface area contributed by atoms with Crippen molar-refractivity contribution < 1.29 is 24.1 Å². The average molecular weight is 499 g/mol. The molecule has 36 heavy (non-hydrogen) atoms. The predicted octanol–water partition coefficient (Wildman–Crippen LogP) is 2.11. The molecular formula is C27H38N4O5. The van der Waals surface area contributed by atoms with E-state index in [0.29, 0.717) is 13.2 Å². The van der Waals surface area contributed by atoms with Crippen LogP contribution >= 0.6 is 0 Å². The molecule has 2 unspecified atom stereocenters. The zero-order valence-electron chi connectivity index (χ0n) is 20.8. The second kappa shape index (κ2) is 14.1. The molecular weight excluding hydrogens is 460 g/mol. The van der Waals surface area contributed by atoms with Crippen molar-refractivity contribution in [3.05, 3.63) is 48.8 Å². The van der Waals surface area contributed by atoms with Crippen LogP contribution in [0.4, 0.5) is 5.69 Å². The van der Waals surface area contributed by atoms with Crippen LogP contribution in [0.15, 0.2) is 48.8 Å². The van der Waals surface area contributed by atoms with Crippen molar-refractivity contribution in [3.8, 4) is 11.5 Å². The third-order valence-corrected chi connectivity index (χ3v) is 6.62. The van der Waals surface area contributed by atoms with E-state index in [1.54, 1.807) is 12.4 Å². The summed E-state index contributed by atoms with van der Waals surface area (Å²) in [4.78, 5) is 18.4. The van der Waals surface area contributed by atoms with Crippen molar-refractivity contribution >= 4 is 11.5 Å². The maximum Gasteiger partial charge on any atom is 0.182 e. The minimum Gasteiger partial charge on any atom is -0.494 e. The van der Waals surface area contributed by atoms with Crippen LogP contribution in [0.2, 0.25) is 0 Å². The fourth-order valence-corrected chi connectivity index (χ4v) is 4.41. The van der Waals surface area contributed by atoms with E-state index < -0.39 is 6.10 Å². The van der Waals surface area contributed by atoms with Crippen molar-refractivity contribution in [3.63, 3.8) is 0 Å². The number of rotatable bonds is 15. The number of anilines is 1. The lowest BCUT2D eigenvalue weighted by Gasteiger charge is -2.41. The summed E-state index contributed by atoms with van der Waals surface area (Å²) in [5.74, 6) is 1.56. The molecule has 1 aromatic carbocycles. The third kappa shape index (κ3) is 7.89. The van der Waals surface area contributed by atoms with Gasteiger partial charge in [0.25, 0.3) is 0 Å². The quantitative estimate of drug-likeness (QED) is 0.319. The first kappa shape index (κ1) is 26.3. The van der Waals surface area contributed by atoms with Gasteiger partial charge in [-0.15, -0.1) is 0 Å². The molecule has 2 aliphatic rings. The Morgan fingerprint density at radius 2 is 1.61 bits per heavy atom. The Balaban J connectivity index is 1.02. The number of ketones is 1. The smallest absolute Gasteiger partial charge is 0.182 e. The van der Waals surface area contributed by atoms with E-state index in [-0.39, 0.29) is 17.9 Å². The molecule has 1 aliphatic heterocycles. The lowest BCUT2D eigenvalue weighted by atomic mass is 9.81. The number of unbranched alkanes of at least 4 members (excludes halogenated alkanes) is 3. The molecule has 2 aromatic rings. The van der Waals surface area contributed by atoms with E-state index in [4.69, 9.17) is 14.2 Å². The second-order valence-electron chi connectivity index (χ2n) is 9.22. The van der Waals surface area contributed by atoms with E-state index in [2.05, 4.69) is 20.5 Å². The monoisotopic (exact) mass is 498 g/mol. The number of carbonyl (C=O) groups excluding carboxylic acids is 1. The first-order valence-electron chi connectivity index (χ1n) is 13.0. The number of Topliss-reactive ketones (excluding diaryl/α,β-unsaturated/α-hetero) is 1. The summed E-state index contributed by atoms with van der Waals surface area (Å²) in [6.45, 7) is 6.57. The van der Waals surface area contributed by atoms with Crippen LogP contribution in [0.25, 0.3) is 0 Å². The Bertz CT molecular complexity index is 908. The highest BCUT2D eigenvalue weighted by Gasteiger charge is 2.48. The molecule has 196 valence electrons. The highest BCUT2D eigenvalue weighted by atomic mass is 16.5. The summed E-state index contributed by atoms with van der Waals surface area (Å²) in [7, 11) is 0. The Kier molecular flexibility index (Phi) is 10.3. The molecule has 9 nitrogen and oxygen atoms in total. The van der Waals surface area contributed by atoms with Crippen molar-refractivity contribution in [1.82, 2.24) is 15.2 Å². The van der Waals surface area contributed by atoms with Gasteiger partial charge in [0.15, 0.2) is 5.78 Å². The highest BCUT2D eigenvalue weighted by Crippen LogP contribution is 2.22. The number of benzene rings is 1. The van der Waals surface area contributed by atoms with Crippen LogP contribution < -0.4 is 20.1 Å². The molecule has 1 aliphatic carbocycles. The SMILES string of the molecule is O=C1C(NCCCCCCOc2ccc(OCCN3CCOCC3)cc2)C(Nc2ccncc2)[C@H]1O. The predicted molar refractivity (Wildman–Crippen MR) is 138 cm³/mol. The summed E-state index contributed by atoms with van der Waals surface area (Å²) < 4.78 is 17.0. The molecule has 4 rings (SSSR count). The maximum absolute atomic E-state index is 12.0. The third-order valence-electron chi connectivity index (χ3n) is 6.62. The minimum absolute atomic E-state index is 0.150. The Labute approximate surface area is 213 Å². The van der Waals surface area contributed by atoms with Gasteiger partial charge in [-0.2, -0.15) is 0 Å². The number of nitrogens with zero attached hydrogens (tertiary/aromatic N) is 2. The highest BCUT2D eigenvalue weighted by molar-refractivity contribution is 5.97. The molecule has 3 N–H and O–H groups in total. The van der Waals surface area contributed by atoms with Gasteiger partial charge in [-0.1, -0.05) is 12.8 Å². The second-order valence-corrected chi connectivity index (χ2v) is 9.22. The number of aliphatic hydroxyl groups excluding tert-OH is 1. The number of aromatic nitrogens is 1. The number of pyridine rings is 1. The molecule has 1 saturated carbocycles. The van der Waals surface area contributed by atoms with E-state index in [1.165, 1.54) is 0 Å². The standard InChI is InChI=1S/C27H38N4O5/c32-26-24(25(27(26)33)30-21-9-12-28-13-10-21)29-11-3-1-2-4-17-35-22-5-7-23(8-6-22)36-20-16-31-14-18-34-19-15-31/h5-10,12-13,24-25,27,29,33H,1-4,11,14-20H2,(H,28,30)/t24?,25?,27-/m1/s1. The van der Waals surface area contributed by atoms with Crippen LogP contribution in [-0.4, -0.2) is 91.6 Å². The number of ether oxygens (including phenoxy) is 3. The van der Waals surface area contributed by atoms with Gasteiger partial charge in [-0.05, 0) is 55.8 Å². The number of hydrogen-bond acceptors (Lipinski definition) is 9. The van der Waals surface area contributed by atoms with Crippen LogP contribution in [0.3, 0.4) is 0 Å². The van der Waals surface area contributed by atoms with E-state index in [9.17, 15) is 9.90 Å². The number of carbonyl (C=O) groups is 1. The van der Waals surface area contributed by atoms with E-state index in [1.807, 2.05) is 36.4 Å². The zero-order chi connectivity index (χ0) is 25.0. The van der Waals surface area contributed by atoms with Crippen LogP contribution in [0.1, 0.15) is 25.7 Å². The zero-order valence-corrected chi connectivity index (χ0v) is 20.8. The lowest BCUT2D eigenvalue weighted by Crippen LogP contribution is -2.69. The Hall–Kier alpha value is -2.72. The lowest BCUT2D eigenvalue weighted by molar-refractivity contribution is -0.140. The molecule has 9 heteroatoms. The number of nitrogens with one attached hydrogen (secondary N) is 2. The van der Waals surface area contributed by atoms with Crippen LogP contribution in [-0.2, 0) is 9.53 Å². The van der Waals surface area contributed by atoms with Crippen LogP contribution in [0.5, 0.6) is 11.5 Å². The topological polar surface area (TPSA) is 105 Å². The van der Waals surface area contributed by atoms with E-state index in [0.717, 1.165) is 82.3 Å². The summed E-state index contributed by atoms with van der Waals surface area (Å²) >= 11 is 0. The molecule has 0 radical (unpaired) electrons. The molecule has 1 aromatic heterocycles.